The van der Waals surface area contributed by atoms with Crippen LogP contribution < -0.4 is 5.32 Å². The van der Waals surface area contributed by atoms with Crippen LogP contribution in [0.2, 0.25) is 0 Å². The minimum atomic E-state index is -4.45. The molecule has 1 N–H and O–H groups in total. The van der Waals surface area contributed by atoms with Crippen molar-refractivity contribution in [1.82, 2.24) is 0 Å². The van der Waals surface area contributed by atoms with Crippen LogP contribution in [0.1, 0.15) is 19.8 Å². The molecule has 2 aromatic carbocycles. The van der Waals surface area contributed by atoms with Crippen molar-refractivity contribution in [1.29, 1.82) is 0 Å². The molecule has 124 valence electrons. The van der Waals surface area contributed by atoms with Crippen molar-refractivity contribution >= 4 is 22.4 Å². The number of esters is 1. The van der Waals surface area contributed by atoms with Gasteiger partial charge in [0, 0.05) is 17.5 Å². The molecule has 0 saturated heterocycles. The molecule has 0 aliphatic rings. The van der Waals surface area contributed by atoms with Gasteiger partial charge in [-0.3, -0.25) is 4.79 Å². The Hall–Kier alpha value is -2.24. The molecule has 0 heterocycles. The highest BCUT2D eigenvalue weighted by Gasteiger charge is 2.39. The Morgan fingerprint density at radius 2 is 1.87 bits per heavy atom. The van der Waals surface area contributed by atoms with E-state index in [4.69, 9.17) is 4.74 Å². The van der Waals surface area contributed by atoms with Gasteiger partial charge in [0.2, 0.25) is 0 Å². The Balaban J connectivity index is 2.18. The van der Waals surface area contributed by atoms with Crippen molar-refractivity contribution in [3.05, 3.63) is 42.5 Å². The lowest BCUT2D eigenvalue weighted by Crippen LogP contribution is -2.36. The van der Waals surface area contributed by atoms with Gasteiger partial charge in [-0.05, 0) is 24.8 Å². The summed E-state index contributed by atoms with van der Waals surface area (Å²) in [5.41, 5.74) is 0.397. The van der Waals surface area contributed by atoms with E-state index in [9.17, 15) is 18.0 Å². The maximum Gasteiger partial charge on any atom is 0.408 e. The van der Waals surface area contributed by atoms with Crippen LogP contribution in [0.3, 0.4) is 0 Å². The topological polar surface area (TPSA) is 38.3 Å². The second kappa shape index (κ2) is 7.35. The molecular formula is C17H18F3NO2. The number of carbonyl (C=O) groups is 1. The van der Waals surface area contributed by atoms with E-state index >= 15 is 0 Å². The van der Waals surface area contributed by atoms with Gasteiger partial charge in [-0.1, -0.05) is 36.4 Å². The second-order valence-electron chi connectivity index (χ2n) is 5.11. The van der Waals surface area contributed by atoms with Gasteiger partial charge in [0.05, 0.1) is 6.61 Å². The molecule has 0 fully saturated rings. The van der Waals surface area contributed by atoms with Crippen LogP contribution >= 0.6 is 0 Å². The number of alkyl halides is 3. The molecule has 0 aromatic heterocycles. The van der Waals surface area contributed by atoms with E-state index in [1.54, 1.807) is 31.2 Å². The fraction of sp³-hybridized carbons (Fsp3) is 0.353. The quantitative estimate of drug-likeness (QED) is 0.793. The number of ether oxygens (including phenoxy) is 1. The lowest BCUT2D eigenvalue weighted by atomic mass is 10.1. The summed E-state index contributed by atoms with van der Waals surface area (Å²) in [6, 6.07) is 10.5. The number of hydrogen-bond donors (Lipinski definition) is 1. The minimum Gasteiger partial charge on any atom is -0.466 e. The largest absolute Gasteiger partial charge is 0.466 e. The maximum atomic E-state index is 13.2. The van der Waals surface area contributed by atoms with Gasteiger partial charge < -0.3 is 10.1 Å². The first-order valence-electron chi connectivity index (χ1n) is 7.38. The maximum absolute atomic E-state index is 13.2. The highest BCUT2D eigenvalue weighted by Crippen LogP contribution is 2.30. The van der Waals surface area contributed by atoms with Crippen LogP contribution in [-0.4, -0.2) is 24.8 Å². The minimum absolute atomic E-state index is 0.159. The lowest BCUT2D eigenvalue weighted by molar-refractivity contribution is -0.150. The first-order chi connectivity index (χ1) is 10.9. The SMILES string of the molecule is CCOC(=O)CCC(Nc1cccc2ccccc12)C(F)(F)F. The van der Waals surface area contributed by atoms with Crippen LogP contribution in [0.4, 0.5) is 18.9 Å². The van der Waals surface area contributed by atoms with E-state index < -0.39 is 18.2 Å². The molecule has 0 saturated carbocycles. The number of rotatable bonds is 6. The zero-order chi connectivity index (χ0) is 16.9. The Bertz CT molecular complexity index is 665. The normalized spacial score (nSPS) is 12.9. The van der Waals surface area contributed by atoms with E-state index in [0.717, 1.165) is 5.39 Å². The van der Waals surface area contributed by atoms with E-state index in [-0.39, 0.29) is 19.4 Å². The Morgan fingerprint density at radius 1 is 1.17 bits per heavy atom. The smallest absolute Gasteiger partial charge is 0.408 e. The summed E-state index contributed by atoms with van der Waals surface area (Å²) in [5, 5.41) is 4.09. The van der Waals surface area contributed by atoms with E-state index in [0.29, 0.717) is 11.1 Å². The number of anilines is 1. The summed E-state index contributed by atoms with van der Waals surface area (Å²) in [7, 11) is 0. The number of halogens is 3. The number of benzene rings is 2. The summed E-state index contributed by atoms with van der Waals surface area (Å²) < 4.78 is 44.4. The van der Waals surface area contributed by atoms with Crippen LogP contribution in [-0.2, 0) is 9.53 Å². The molecule has 0 radical (unpaired) electrons. The van der Waals surface area contributed by atoms with Gasteiger partial charge in [0.25, 0.3) is 0 Å². The Morgan fingerprint density at radius 3 is 2.57 bits per heavy atom. The summed E-state index contributed by atoms with van der Waals surface area (Å²) in [6.45, 7) is 1.78. The second-order valence-corrected chi connectivity index (χ2v) is 5.11. The number of fused-ring (bicyclic) bond motifs is 1. The van der Waals surface area contributed by atoms with Crippen molar-refractivity contribution in [2.24, 2.45) is 0 Å². The fourth-order valence-electron chi connectivity index (χ4n) is 2.35. The predicted molar refractivity (Wildman–Crippen MR) is 83.3 cm³/mol. The average Bonchev–Trinajstić information content (AvgIpc) is 2.50. The zero-order valence-electron chi connectivity index (χ0n) is 12.7. The third-order valence-electron chi connectivity index (χ3n) is 3.46. The average molecular weight is 325 g/mol. The zero-order valence-corrected chi connectivity index (χ0v) is 12.7. The van der Waals surface area contributed by atoms with Crippen LogP contribution in [0, 0.1) is 0 Å². The molecule has 0 spiro atoms. The van der Waals surface area contributed by atoms with E-state index in [1.807, 2.05) is 18.2 Å². The lowest BCUT2D eigenvalue weighted by Gasteiger charge is -2.23. The molecular weight excluding hydrogens is 307 g/mol. The molecule has 3 nitrogen and oxygen atoms in total. The first kappa shape index (κ1) is 17.1. The van der Waals surface area contributed by atoms with Gasteiger partial charge in [-0.15, -0.1) is 0 Å². The number of nitrogens with one attached hydrogen (secondary N) is 1. The molecule has 0 aliphatic carbocycles. The highest BCUT2D eigenvalue weighted by molar-refractivity contribution is 5.93. The van der Waals surface area contributed by atoms with Gasteiger partial charge in [-0.2, -0.15) is 13.2 Å². The summed E-state index contributed by atoms with van der Waals surface area (Å²) in [5.74, 6) is -0.624. The van der Waals surface area contributed by atoms with Crippen molar-refractivity contribution in [2.75, 3.05) is 11.9 Å². The summed E-state index contributed by atoms with van der Waals surface area (Å²) >= 11 is 0. The Labute approximate surface area is 132 Å². The third kappa shape index (κ3) is 4.61. The summed E-state index contributed by atoms with van der Waals surface area (Å²) in [4.78, 5) is 11.3. The number of carbonyl (C=O) groups excluding carboxylic acids is 1. The summed E-state index contributed by atoms with van der Waals surface area (Å²) in [6.07, 6.45) is -5.11. The standard InChI is InChI=1S/C17H18F3NO2/c1-2-23-16(22)11-10-15(17(18,19)20)21-14-9-5-7-12-6-3-4-8-13(12)14/h3-9,15,21H,2,10-11H2,1H3. The first-order valence-corrected chi connectivity index (χ1v) is 7.38. The molecule has 23 heavy (non-hydrogen) atoms. The van der Waals surface area contributed by atoms with Crippen molar-refractivity contribution in [2.45, 2.75) is 32.0 Å². The van der Waals surface area contributed by atoms with Crippen LogP contribution in [0.25, 0.3) is 10.8 Å². The molecule has 1 atom stereocenters. The predicted octanol–water partition coefficient (Wildman–Crippen LogP) is 4.53. The van der Waals surface area contributed by atoms with Crippen molar-refractivity contribution in [3.8, 4) is 0 Å². The third-order valence-corrected chi connectivity index (χ3v) is 3.46. The fourth-order valence-corrected chi connectivity index (χ4v) is 2.35. The molecule has 6 heteroatoms. The molecule has 0 bridgehead atoms. The van der Waals surface area contributed by atoms with Gasteiger partial charge in [0.1, 0.15) is 6.04 Å². The molecule has 2 aromatic rings. The number of hydrogen-bond acceptors (Lipinski definition) is 3. The Kier molecular flexibility index (Phi) is 5.47. The van der Waals surface area contributed by atoms with Crippen LogP contribution in [0.15, 0.2) is 42.5 Å². The monoisotopic (exact) mass is 325 g/mol. The van der Waals surface area contributed by atoms with Gasteiger partial charge >= 0.3 is 12.1 Å². The van der Waals surface area contributed by atoms with Gasteiger partial charge in [-0.25, -0.2) is 0 Å². The van der Waals surface area contributed by atoms with Crippen LogP contribution in [0.5, 0.6) is 0 Å². The molecule has 0 amide bonds. The molecule has 1 unspecified atom stereocenters. The molecule has 0 aliphatic heterocycles. The van der Waals surface area contributed by atoms with Crippen molar-refractivity contribution in [3.63, 3.8) is 0 Å². The van der Waals surface area contributed by atoms with Crippen molar-refractivity contribution < 1.29 is 22.7 Å². The van der Waals surface area contributed by atoms with E-state index in [2.05, 4.69) is 5.32 Å². The van der Waals surface area contributed by atoms with E-state index in [1.165, 1.54) is 0 Å². The highest BCUT2D eigenvalue weighted by atomic mass is 19.4. The molecule has 2 rings (SSSR count). The van der Waals surface area contributed by atoms with Gasteiger partial charge in [0.15, 0.2) is 0 Å².